The van der Waals surface area contributed by atoms with E-state index in [1.807, 2.05) is 0 Å². The molecule has 0 aromatic carbocycles. The van der Waals surface area contributed by atoms with E-state index in [4.69, 9.17) is 4.74 Å². The third-order valence-electron chi connectivity index (χ3n) is 3.04. The molecule has 16 heavy (non-hydrogen) atoms. The van der Waals surface area contributed by atoms with Crippen LogP contribution in [0.15, 0.2) is 0 Å². The summed E-state index contributed by atoms with van der Waals surface area (Å²) in [5, 5.41) is 6.07. The molecule has 0 bridgehead atoms. The van der Waals surface area contributed by atoms with E-state index < -0.39 is 0 Å². The number of hydrogen-bond acceptors (Lipinski definition) is 3. The largest absolute Gasteiger partial charge is 0.378 e. The van der Waals surface area contributed by atoms with Gasteiger partial charge in [-0.15, -0.1) is 0 Å². The summed E-state index contributed by atoms with van der Waals surface area (Å²) < 4.78 is 5.48. The maximum absolute atomic E-state index is 11.4. The quantitative estimate of drug-likeness (QED) is 0.685. The molecule has 1 amide bonds. The molecule has 0 aliphatic carbocycles. The molecule has 1 saturated heterocycles. The summed E-state index contributed by atoms with van der Waals surface area (Å²) in [6.45, 7) is 6.22. The van der Waals surface area contributed by atoms with Crippen LogP contribution in [0.4, 0.5) is 0 Å². The second-order valence-electron chi connectivity index (χ2n) is 4.46. The molecular weight excluding hydrogens is 204 g/mol. The molecule has 2 unspecified atom stereocenters. The standard InChI is InChI=1S/C12H24N2O2/c1-3-10(2)14-9-12(15)13-7-6-11-5-4-8-16-11/h10-11,14H,3-9H2,1-2H3,(H,13,15). The summed E-state index contributed by atoms with van der Waals surface area (Å²) in [6.07, 6.45) is 4.65. The Balaban J connectivity index is 1.97. The van der Waals surface area contributed by atoms with E-state index in [1.54, 1.807) is 0 Å². The molecule has 2 N–H and O–H groups in total. The van der Waals surface area contributed by atoms with Gasteiger partial charge in [0.15, 0.2) is 0 Å². The number of carbonyl (C=O) groups is 1. The van der Waals surface area contributed by atoms with Crippen molar-refractivity contribution in [3.05, 3.63) is 0 Å². The van der Waals surface area contributed by atoms with Gasteiger partial charge in [0.05, 0.1) is 12.6 Å². The van der Waals surface area contributed by atoms with Gasteiger partial charge in [0.2, 0.25) is 5.91 Å². The van der Waals surface area contributed by atoms with Crippen molar-refractivity contribution in [2.45, 2.75) is 51.7 Å². The minimum atomic E-state index is 0.0818. The Kier molecular flexibility index (Phi) is 6.42. The SMILES string of the molecule is CCC(C)NCC(=O)NCCC1CCCO1. The minimum Gasteiger partial charge on any atom is -0.378 e. The molecule has 0 radical (unpaired) electrons. The van der Waals surface area contributed by atoms with E-state index in [0.717, 1.165) is 38.8 Å². The fourth-order valence-corrected chi connectivity index (χ4v) is 1.72. The number of amides is 1. The van der Waals surface area contributed by atoms with Crippen molar-refractivity contribution in [1.82, 2.24) is 10.6 Å². The van der Waals surface area contributed by atoms with E-state index in [2.05, 4.69) is 24.5 Å². The molecule has 2 atom stereocenters. The van der Waals surface area contributed by atoms with Gasteiger partial charge in [-0.25, -0.2) is 0 Å². The van der Waals surface area contributed by atoms with Gasteiger partial charge in [-0.05, 0) is 32.6 Å². The number of hydrogen-bond donors (Lipinski definition) is 2. The second kappa shape index (κ2) is 7.63. The molecule has 0 aromatic rings. The Morgan fingerprint density at radius 3 is 3.00 bits per heavy atom. The monoisotopic (exact) mass is 228 g/mol. The van der Waals surface area contributed by atoms with Crippen molar-refractivity contribution in [3.8, 4) is 0 Å². The van der Waals surface area contributed by atoms with Gasteiger partial charge in [-0.1, -0.05) is 6.92 Å². The van der Waals surface area contributed by atoms with Gasteiger partial charge in [-0.3, -0.25) is 4.79 Å². The fourth-order valence-electron chi connectivity index (χ4n) is 1.72. The summed E-state index contributed by atoms with van der Waals surface area (Å²) in [7, 11) is 0. The van der Waals surface area contributed by atoms with Crippen molar-refractivity contribution < 1.29 is 9.53 Å². The van der Waals surface area contributed by atoms with Crippen LogP contribution in [0.2, 0.25) is 0 Å². The topological polar surface area (TPSA) is 50.4 Å². The zero-order chi connectivity index (χ0) is 11.8. The normalized spacial score (nSPS) is 22.0. The zero-order valence-electron chi connectivity index (χ0n) is 10.4. The summed E-state index contributed by atoms with van der Waals surface area (Å²) in [6, 6.07) is 0.406. The van der Waals surface area contributed by atoms with Crippen molar-refractivity contribution in [2.75, 3.05) is 19.7 Å². The average Bonchev–Trinajstić information content (AvgIpc) is 2.79. The third kappa shape index (κ3) is 5.47. The summed E-state index contributed by atoms with van der Waals surface area (Å²) >= 11 is 0. The molecule has 1 rings (SSSR count). The zero-order valence-corrected chi connectivity index (χ0v) is 10.4. The number of carbonyl (C=O) groups excluding carboxylic acids is 1. The highest BCUT2D eigenvalue weighted by molar-refractivity contribution is 5.77. The number of nitrogens with one attached hydrogen (secondary N) is 2. The summed E-state index contributed by atoms with van der Waals surface area (Å²) in [5.41, 5.74) is 0. The van der Waals surface area contributed by atoms with Crippen LogP contribution >= 0.6 is 0 Å². The van der Waals surface area contributed by atoms with Crippen LogP contribution in [0.3, 0.4) is 0 Å². The minimum absolute atomic E-state index is 0.0818. The van der Waals surface area contributed by atoms with Crippen molar-refractivity contribution in [1.29, 1.82) is 0 Å². The molecule has 0 saturated carbocycles. The predicted molar refractivity (Wildman–Crippen MR) is 64.4 cm³/mol. The highest BCUT2D eigenvalue weighted by atomic mass is 16.5. The highest BCUT2D eigenvalue weighted by Gasteiger charge is 2.15. The lowest BCUT2D eigenvalue weighted by atomic mass is 10.2. The van der Waals surface area contributed by atoms with Crippen LogP contribution in [-0.2, 0) is 9.53 Å². The predicted octanol–water partition coefficient (Wildman–Crippen LogP) is 1.06. The Labute approximate surface area is 98.1 Å². The van der Waals surface area contributed by atoms with Crippen molar-refractivity contribution in [3.63, 3.8) is 0 Å². The van der Waals surface area contributed by atoms with Gasteiger partial charge in [0.25, 0.3) is 0 Å². The molecular formula is C12H24N2O2. The van der Waals surface area contributed by atoms with Crippen LogP contribution in [0.1, 0.15) is 39.5 Å². The molecule has 4 nitrogen and oxygen atoms in total. The molecule has 1 aliphatic heterocycles. The van der Waals surface area contributed by atoms with Crippen molar-refractivity contribution in [2.24, 2.45) is 0 Å². The molecule has 1 fully saturated rings. The van der Waals surface area contributed by atoms with Crippen LogP contribution in [0.25, 0.3) is 0 Å². The Bertz CT molecular complexity index is 203. The van der Waals surface area contributed by atoms with Gasteiger partial charge in [0.1, 0.15) is 0 Å². The second-order valence-corrected chi connectivity index (χ2v) is 4.46. The first-order valence-electron chi connectivity index (χ1n) is 6.34. The molecule has 1 heterocycles. The van der Waals surface area contributed by atoms with Gasteiger partial charge in [-0.2, -0.15) is 0 Å². The van der Waals surface area contributed by atoms with E-state index in [1.165, 1.54) is 0 Å². The summed E-state index contributed by atoms with van der Waals surface area (Å²) in [5.74, 6) is 0.0818. The van der Waals surface area contributed by atoms with Gasteiger partial charge < -0.3 is 15.4 Å². The molecule has 94 valence electrons. The van der Waals surface area contributed by atoms with Gasteiger partial charge >= 0.3 is 0 Å². The maximum Gasteiger partial charge on any atom is 0.233 e. The first-order chi connectivity index (χ1) is 7.72. The van der Waals surface area contributed by atoms with E-state index in [9.17, 15) is 4.79 Å². The van der Waals surface area contributed by atoms with Crippen LogP contribution in [-0.4, -0.2) is 37.7 Å². The average molecular weight is 228 g/mol. The molecule has 0 spiro atoms. The molecule has 1 aliphatic rings. The Hall–Kier alpha value is -0.610. The van der Waals surface area contributed by atoms with Crippen LogP contribution < -0.4 is 10.6 Å². The Morgan fingerprint density at radius 1 is 1.56 bits per heavy atom. The first-order valence-corrected chi connectivity index (χ1v) is 6.34. The Morgan fingerprint density at radius 2 is 2.38 bits per heavy atom. The van der Waals surface area contributed by atoms with E-state index in [0.29, 0.717) is 18.7 Å². The fraction of sp³-hybridized carbons (Fsp3) is 0.917. The smallest absolute Gasteiger partial charge is 0.233 e. The van der Waals surface area contributed by atoms with Crippen LogP contribution in [0, 0.1) is 0 Å². The maximum atomic E-state index is 11.4. The molecule has 4 heteroatoms. The lowest BCUT2D eigenvalue weighted by Gasteiger charge is -2.12. The number of rotatable bonds is 7. The molecule has 0 aromatic heterocycles. The highest BCUT2D eigenvalue weighted by Crippen LogP contribution is 2.14. The summed E-state index contributed by atoms with van der Waals surface area (Å²) in [4.78, 5) is 11.4. The number of ether oxygens (including phenoxy) is 1. The van der Waals surface area contributed by atoms with Crippen LogP contribution in [0.5, 0.6) is 0 Å². The van der Waals surface area contributed by atoms with E-state index >= 15 is 0 Å². The third-order valence-corrected chi connectivity index (χ3v) is 3.04. The van der Waals surface area contributed by atoms with Gasteiger partial charge in [0, 0.05) is 19.2 Å². The lowest BCUT2D eigenvalue weighted by Crippen LogP contribution is -2.38. The van der Waals surface area contributed by atoms with Crippen molar-refractivity contribution >= 4 is 5.91 Å². The first kappa shape index (κ1) is 13.5. The van der Waals surface area contributed by atoms with E-state index in [-0.39, 0.29) is 5.91 Å². The lowest BCUT2D eigenvalue weighted by molar-refractivity contribution is -0.120.